The van der Waals surface area contributed by atoms with Gasteiger partial charge in [-0.1, -0.05) is 13.8 Å². The molecule has 0 bridgehead atoms. The molecule has 2 saturated heterocycles. The quantitative estimate of drug-likeness (QED) is 0.718. The van der Waals surface area contributed by atoms with E-state index < -0.39 is 29.9 Å². The molecule has 8 nitrogen and oxygen atoms in total. The van der Waals surface area contributed by atoms with Crippen LogP contribution in [0.1, 0.15) is 52.9 Å². The first-order valence-corrected chi connectivity index (χ1v) is 11.5. The van der Waals surface area contributed by atoms with Crippen LogP contribution in [0.3, 0.4) is 0 Å². The summed E-state index contributed by atoms with van der Waals surface area (Å²) in [6.45, 7) is 6.19. The third-order valence-corrected chi connectivity index (χ3v) is 6.38. The van der Waals surface area contributed by atoms with Crippen molar-refractivity contribution in [2.75, 3.05) is 18.6 Å². The molecule has 158 valence electrons. The number of hydrogen-bond donors (Lipinski definition) is 1. The Bertz CT molecular complexity index is 625. The van der Waals surface area contributed by atoms with Gasteiger partial charge in [0.25, 0.3) is 5.91 Å². The van der Waals surface area contributed by atoms with Crippen LogP contribution in [-0.4, -0.2) is 70.3 Å². The van der Waals surface area contributed by atoms with Crippen molar-refractivity contribution in [3.63, 3.8) is 0 Å². The number of hydrogen-bond acceptors (Lipinski definition) is 6. The van der Waals surface area contributed by atoms with E-state index >= 15 is 0 Å². The maximum Gasteiger partial charge on any atom is 0.436 e. The third kappa shape index (κ3) is 3.83. The molecule has 2 heterocycles. The summed E-state index contributed by atoms with van der Waals surface area (Å²) in [5.41, 5.74) is -1.04. The van der Waals surface area contributed by atoms with Crippen molar-refractivity contribution in [2.24, 2.45) is 5.92 Å². The standard InChI is InChI=1S/C19H31N3O5S/c1-12(2)6-10-26-18(25)22-16-13(3)20-15(23)14(7-11-28-4)21(16)17(24)19(27-22)8-5-9-19/h12-14,16H,5-11H2,1-4H3,(H,20,23). The molecule has 0 radical (unpaired) electrons. The molecule has 3 atom stereocenters. The molecule has 3 unspecified atom stereocenters. The Labute approximate surface area is 170 Å². The van der Waals surface area contributed by atoms with Crippen molar-refractivity contribution in [1.29, 1.82) is 0 Å². The van der Waals surface area contributed by atoms with E-state index in [0.717, 1.165) is 18.6 Å². The molecule has 1 N–H and O–H groups in total. The molecule has 9 heteroatoms. The van der Waals surface area contributed by atoms with Crippen LogP contribution < -0.4 is 5.32 Å². The van der Waals surface area contributed by atoms with Crippen molar-refractivity contribution in [1.82, 2.24) is 15.3 Å². The summed E-state index contributed by atoms with van der Waals surface area (Å²) in [6.07, 6.45) is 3.92. The summed E-state index contributed by atoms with van der Waals surface area (Å²) in [4.78, 5) is 46.4. The van der Waals surface area contributed by atoms with E-state index in [1.54, 1.807) is 23.6 Å². The van der Waals surface area contributed by atoms with E-state index in [0.29, 0.717) is 31.8 Å². The molecule has 3 fully saturated rings. The number of hydroxylamine groups is 2. The Morgan fingerprint density at radius 2 is 2.11 bits per heavy atom. The molecule has 1 saturated carbocycles. The number of rotatable bonds is 6. The molecule has 0 aromatic carbocycles. The molecular formula is C19H31N3O5S. The van der Waals surface area contributed by atoms with E-state index in [1.165, 1.54) is 5.06 Å². The van der Waals surface area contributed by atoms with Crippen molar-refractivity contribution in [2.45, 2.75) is 76.7 Å². The number of ether oxygens (including phenoxy) is 1. The highest BCUT2D eigenvalue weighted by atomic mass is 32.2. The second kappa shape index (κ2) is 8.49. The number of nitrogens with zero attached hydrogens (tertiary/aromatic N) is 2. The summed E-state index contributed by atoms with van der Waals surface area (Å²) in [5.74, 6) is 0.809. The van der Waals surface area contributed by atoms with Gasteiger partial charge in [0.15, 0.2) is 11.8 Å². The fourth-order valence-electron chi connectivity index (χ4n) is 3.93. The number of piperazine rings is 1. The number of fused-ring (bicyclic) bond motifs is 1. The minimum atomic E-state index is -1.04. The SMILES string of the molecule is CSCCC1C(=O)NC(C)C2N(C(=O)OCCC(C)C)OC3(CCC3)C(=O)N12. The third-order valence-electron chi connectivity index (χ3n) is 5.74. The van der Waals surface area contributed by atoms with Crippen LogP contribution in [0.15, 0.2) is 0 Å². The van der Waals surface area contributed by atoms with Gasteiger partial charge in [0.2, 0.25) is 5.91 Å². The van der Waals surface area contributed by atoms with Gasteiger partial charge < -0.3 is 15.0 Å². The fourth-order valence-corrected chi connectivity index (χ4v) is 4.39. The first-order valence-electron chi connectivity index (χ1n) is 10.1. The van der Waals surface area contributed by atoms with Gasteiger partial charge in [-0.15, -0.1) is 0 Å². The smallest absolute Gasteiger partial charge is 0.436 e. The number of amides is 3. The zero-order valence-corrected chi connectivity index (χ0v) is 17.9. The molecule has 1 spiro atoms. The molecule has 0 aromatic rings. The lowest BCUT2D eigenvalue weighted by Gasteiger charge is -2.57. The normalized spacial score (nSPS) is 28.8. The van der Waals surface area contributed by atoms with Gasteiger partial charge in [0.1, 0.15) is 6.04 Å². The van der Waals surface area contributed by atoms with Crippen molar-refractivity contribution in [3.05, 3.63) is 0 Å². The minimum Gasteiger partial charge on any atom is -0.448 e. The summed E-state index contributed by atoms with van der Waals surface area (Å²) in [6, 6.07) is -1.05. The van der Waals surface area contributed by atoms with E-state index in [4.69, 9.17) is 9.57 Å². The van der Waals surface area contributed by atoms with Gasteiger partial charge in [-0.3, -0.25) is 9.59 Å². The van der Waals surface area contributed by atoms with E-state index in [9.17, 15) is 14.4 Å². The molecule has 0 aromatic heterocycles. The molecule has 3 rings (SSSR count). The Balaban J connectivity index is 1.87. The molecule has 3 amide bonds. The monoisotopic (exact) mass is 413 g/mol. The summed E-state index contributed by atoms with van der Waals surface area (Å²) >= 11 is 1.62. The van der Waals surface area contributed by atoms with E-state index in [-0.39, 0.29) is 11.8 Å². The highest BCUT2D eigenvalue weighted by Crippen LogP contribution is 2.44. The molecule has 3 aliphatic rings. The molecule has 2 aliphatic heterocycles. The second-order valence-corrected chi connectivity index (χ2v) is 9.27. The van der Waals surface area contributed by atoms with Crippen LogP contribution in [0.25, 0.3) is 0 Å². The maximum atomic E-state index is 13.3. The number of nitrogens with one attached hydrogen (secondary N) is 1. The van der Waals surface area contributed by atoms with Gasteiger partial charge in [-0.05, 0) is 57.0 Å². The fraction of sp³-hybridized carbons (Fsp3) is 0.842. The summed E-state index contributed by atoms with van der Waals surface area (Å²) < 4.78 is 5.44. The predicted octanol–water partition coefficient (Wildman–Crippen LogP) is 2.13. The first-order chi connectivity index (χ1) is 13.3. The van der Waals surface area contributed by atoms with E-state index in [2.05, 4.69) is 19.2 Å². The van der Waals surface area contributed by atoms with Crippen LogP contribution in [0.5, 0.6) is 0 Å². The maximum absolute atomic E-state index is 13.3. The van der Waals surface area contributed by atoms with Gasteiger partial charge in [-0.25, -0.2) is 9.63 Å². The predicted molar refractivity (Wildman–Crippen MR) is 105 cm³/mol. The second-order valence-electron chi connectivity index (χ2n) is 8.28. The molecular weight excluding hydrogens is 382 g/mol. The number of thioether (sulfide) groups is 1. The number of carbonyl (C=O) groups is 3. The van der Waals surface area contributed by atoms with Gasteiger partial charge >= 0.3 is 6.09 Å². The Hall–Kier alpha value is -1.48. The lowest BCUT2D eigenvalue weighted by molar-refractivity contribution is -0.314. The average Bonchev–Trinajstić information content (AvgIpc) is 2.60. The number of carbonyl (C=O) groups excluding carboxylic acids is 3. The first kappa shape index (κ1) is 21.2. The van der Waals surface area contributed by atoms with Crippen molar-refractivity contribution < 1.29 is 24.0 Å². The highest BCUT2D eigenvalue weighted by molar-refractivity contribution is 7.98. The van der Waals surface area contributed by atoms with Crippen LogP contribution in [0.4, 0.5) is 4.79 Å². The van der Waals surface area contributed by atoms with Crippen molar-refractivity contribution in [3.8, 4) is 0 Å². The topological polar surface area (TPSA) is 88.2 Å². The Morgan fingerprint density at radius 3 is 2.68 bits per heavy atom. The van der Waals surface area contributed by atoms with Crippen LogP contribution in [-0.2, 0) is 19.2 Å². The average molecular weight is 414 g/mol. The molecule has 28 heavy (non-hydrogen) atoms. The highest BCUT2D eigenvalue weighted by Gasteiger charge is 2.61. The largest absolute Gasteiger partial charge is 0.448 e. The van der Waals surface area contributed by atoms with E-state index in [1.807, 2.05) is 6.26 Å². The molecule has 1 aliphatic carbocycles. The van der Waals surface area contributed by atoms with Crippen LogP contribution in [0, 0.1) is 5.92 Å². The van der Waals surface area contributed by atoms with Crippen LogP contribution in [0.2, 0.25) is 0 Å². The zero-order valence-electron chi connectivity index (χ0n) is 17.1. The zero-order chi connectivity index (χ0) is 20.5. The summed E-state index contributed by atoms with van der Waals surface area (Å²) in [7, 11) is 0. The minimum absolute atomic E-state index is 0.171. The summed E-state index contributed by atoms with van der Waals surface area (Å²) in [5, 5.41) is 4.11. The van der Waals surface area contributed by atoms with Gasteiger partial charge in [-0.2, -0.15) is 16.8 Å². The Kier molecular flexibility index (Phi) is 6.44. The lowest BCUT2D eigenvalue weighted by atomic mass is 9.77. The van der Waals surface area contributed by atoms with Gasteiger partial charge in [0, 0.05) is 0 Å². The van der Waals surface area contributed by atoms with Crippen molar-refractivity contribution >= 4 is 29.7 Å². The Morgan fingerprint density at radius 1 is 1.39 bits per heavy atom. The van der Waals surface area contributed by atoms with Crippen LogP contribution >= 0.6 is 11.8 Å². The lowest BCUT2D eigenvalue weighted by Crippen LogP contribution is -2.79. The van der Waals surface area contributed by atoms with Gasteiger partial charge in [0.05, 0.1) is 12.6 Å².